The Morgan fingerprint density at radius 1 is 1.26 bits per heavy atom. The summed E-state index contributed by atoms with van der Waals surface area (Å²) in [7, 11) is 1.63. The molecule has 0 aromatic carbocycles. The minimum absolute atomic E-state index is 0.00161. The first-order chi connectivity index (χ1) is 9.12. The van der Waals surface area contributed by atoms with Crippen LogP contribution in [0.25, 0.3) is 0 Å². The Morgan fingerprint density at radius 2 is 1.95 bits per heavy atom. The van der Waals surface area contributed by atoms with Gasteiger partial charge in [-0.25, -0.2) is 0 Å². The van der Waals surface area contributed by atoms with Gasteiger partial charge in [0.25, 0.3) is 0 Å². The lowest BCUT2D eigenvalue weighted by Crippen LogP contribution is -2.40. The zero-order valence-electron chi connectivity index (χ0n) is 12.2. The van der Waals surface area contributed by atoms with Gasteiger partial charge < -0.3 is 25.0 Å². The predicted octanol–water partition coefficient (Wildman–Crippen LogP) is 0.541. The van der Waals surface area contributed by atoms with Crippen LogP contribution in [0.3, 0.4) is 0 Å². The number of rotatable bonds is 10. The molecule has 1 saturated carbocycles. The SMILES string of the molecule is COCC(C)OCC(O)CNCC1(CO)CCCC1. The van der Waals surface area contributed by atoms with Crippen molar-refractivity contribution in [3.05, 3.63) is 0 Å². The highest BCUT2D eigenvalue weighted by molar-refractivity contribution is 4.86. The first-order valence-corrected chi connectivity index (χ1v) is 7.22. The van der Waals surface area contributed by atoms with E-state index in [0.29, 0.717) is 19.8 Å². The molecule has 2 unspecified atom stereocenters. The first-order valence-electron chi connectivity index (χ1n) is 7.22. The van der Waals surface area contributed by atoms with E-state index in [1.807, 2.05) is 6.92 Å². The lowest BCUT2D eigenvalue weighted by atomic mass is 9.87. The average Bonchev–Trinajstić information content (AvgIpc) is 2.86. The molecule has 19 heavy (non-hydrogen) atoms. The van der Waals surface area contributed by atoms with Crippen molar-refractivity contribution in [3.8, 4) is 0 Å². The van der Waals surface area contributed by atoms with Crippen molar-refractivity contribution in [2.75, 3.05) is 40.0 Å². The van der Waals surface area contributed by atoms with Crippen LogP contribution < -0.4 is 5.32 Å². The topological polar surface area (TPSA) is 71.0 Å². The molecule has 0 aliphatic heterocycles. The summed E-state index contributed by atoms with van der Waals surface area (Å²) >= 11 is 0. The highest BCUT2D eigenvalue weighted by atomic mass is 16.5. The fraction of sp³-hybridized carbons (Fsp3) is 1.00. The van der Waals surface area contributed by atoms with Crippen molar-refractivity contribution in [2.24, 2.45) is 5.41 Å². The summed E-state index contributed by atoms with van der Waals surface area (Å²) in [6.45, 7) is 4.27. The third kappa shape index (κ3) is 6.19. The van der Waals surface area contributed by atoms with E-state index in [2.05, 4.69) is 5.32 Å². The maximum atomic E-state index is 9.81. The molecule has 0 aromatic rings. The maximum absolute atomic E-state index is 9.81. The van der Waals surface area contributed by atoms with Crippen LogP contribution in [0.1, 0.15) is 32.6 Å². The Labute approximate surface area is 116 Å². The summed E-state index contributed by atoms with van der Waals surface area (Å²) < 4.78 is 10.4. The summed E-state index contributed by atoms with van der Waals surface area (Å²) in [5, 5.41) is 22.5. The quantitative estimate of drug-likeness (QED) is 0.543. The predicted molar refractivity (Wildman–Crippen MR) is 74.2 cm³/mol. The zero-order chi connectivity index (χ0) is 14.1. The Morgan fingerprint density at radius 3 is 2.53 bits per heavy atom. The lowest BCUT2D eigenvalue weighted by Gasteiger charge is -2.27. The molecule has 0 radical (unpaired) electrons. The first kappa shape index (κ1) is 16.9. The van der Waals surface area contributed by atoms with E-state index < -0.39 is 6.10 Å². The minimum atomic E-state index is -0.517. The van der Waals surface area contributed by atoms with Gasteiger partial charge >= 0.3 is 0 Å². The Balaban J connectivity index is 2.11. The normalized spacial score (nSPS) is 21.5. The highest BCUT2D eigenvalue weighted by Gasteiger charge is 2.32. The average molecular weight is 275 g/mol. The Kier molecular flexibility index (Phi) is 7.87. The summed E-state index contributed by atoms with van der Waals surface area (Å²) in [4.78, 5) is 0. The van der Waals surface area contributed by atoms with Crippen molar-refractivity contribution >= 4 is 0 Å². The van der Waals surface area contributed by atoms with Crippen molar-refractivity contribution < 1.29 is 19.7 Å². The summed E-state index contributed by atoms with van der Waals surface area (Å²) in [6.07, 6.45) is 4.03. The van der Waals surface area contributed by atoms with E-state index in [1.54, 1.807) is 7.11 Å². The van der Waals surface area contributed by atoms with Gasteiger partial charge in [-0.3, -0.25) is 0 Å². The molecule has 114 valence electrons. The molecular formula is C14H29NO4. The van der Waals surface area contributed by atoms with E-state index in [-0.39, 0.29) is 18.1 Å². The van der Waals surface area contributed by atoms with Gasteiger partial charge in [0.2, 0.25) is 0 Å². The molecule has 3 N–H and O–H groups in total. The van der Waals surface area contributed by atoms with Gasteiger partial charge in [0.15, 0.2) is 0 Å². The van der Waals surface area contributed by atoms with Crippen LogP contribution in [-0.2, 0) is 9.47 Å². The monoisotopic (exact) mass is 275 g/mol. The van der Waals surface area contributed by atoms with Gasteiger partial charge in [-0.2, -0.15) is 0 Å². The summed E-state index contributed by atoms with van der Waals surface area (Å²) in [5.74, 6) is 0. The standard InChI is InChI=1S/C14H29NO4/c1-12(8-18-2)19-9-13(17)7-15-10-14(11-16)5-3-4-6-14/h12-13,15-17H,3-11H2,1-2H3. The molecule has 0 spiro atoms. The van der Waals surface area contributed by atoms with E-state index in [0.717, 1.165) is 19.4 Å². The smallest absolute Gasteiger partial charge is 0.0897 e. The van der Waals surface area contributed by atoms with Crippen LogP contribution in [0.2, 0.25) is 0 Å². The van der Waals surface area contributed by atoms with Gasteiger partial charge in [0, 0.05) is 32.2 Å². The van der Waals surface area contributed by atoms with Crippen molar-refractivity contribution in [2.45, 2.75) is 44.8 Å². The van der Waals surface area contributed by atoms with Crippen molar-refractivity contribution in [1.82, 2.24) is 5.32 Å². The molecular weight excluding hydrogens is 246 g/mol. The van der Waals surface area contributed by atoms with Gasteiger partial charge in [-0.15, -0.1) is 0 Å². The maximum Gasteiger partial charge on any atom is 0.0897 e. The zero-order valence-corrected chi connectivity index (χ0v) is 12.2. The van der Waals surface area contributed by atoms with E-state index in [9.17, 15) is 10.2 Å². The second-order valence-electron chi connectivity index (χ2n) is 5.75. The minimum Gasteiger partial charge on any atom is -0.396 e. The molecule has 0 bridgehead atoms. The van der Waals surface area contributed by atoms with Crippen molar-refractivity contribution in [1.29, 1.82) is 0 Å². The number of aliphatic hydroxyl groups excluding tert-OH is 2. The fourth-order valence-electron chi connectivity index (χ4n) is 2.64. The third-order valence-electron chi connectivity index (χ3n) is 3.85. The van der Waals surface area contributed by atoms with Gasteiger partial charge in [-0.1, -0.05) is 12.8 Å². The van der Waals surface area contributed by atoms with Gasteiger partial charge in [-0.05, 0) is 19.8 Å². The fourth-order valence-corrected chi connectivity index (χ4v) is 2.64. The molecule has 0 amide bonds. The number of hydrogen-bond acceptors (Lipinski definition) is 5. The number of ether oxygens (including phenoxy) is 2. The van der Waals surface area contributed by atoms with Gasteiger partial charge in [0.05, 0.1) is 25.4 Å². The van der Waals surface area contributed by atoms with E-state index in [1.165, 1.54) is 12.8 Å². The lowest BCUT2D eigenvalue weighted by molar-refractivity contribution is -0.0317. The molecule has 1 fully saturated rings. The Bertz CT molecular complexity index is 231. The van der Waals surface area contributed by atoms with Crippen LogP contribution in [0, 0.1) is 5.41 Å². The number of aliphatic hydroxyl groups is 2. The second kappa shape index (κ2) is 8.87. The van der Waals surface area contributed by atoms with E-state index in [4.69, 9.17) is 9.47 Å². The molecule has 0 aromatic heterocycles. The van der Waals surface area contributed by atoms with Crippen LogP contribution in [0.5, 0.6) is 0 Å². The van der Waals surface area contributed by atoms with Crippen LogP contribution in [0.15, 0.2) is 0 Å². The molecule has 2 atom stereocenters. The van der Waals surface area contributed by atoms with Crippen molar-refractivity contribution in [3.63, 3.8) is 0 Å². The summed E-state index contributed by atoms with van der Waals surface area (Å²) in [6, 6.07) is 0. The molecule has 1 rings (SSSR count). The summed E-state index contributed by atoms with van der Waals surface area (Å²) in [5.41, 5.74) is 0.0317. The Hall–Kier alpha value is -0.200. The van der Waals surface area contributed by atoms with Crippen LogP contribution in [0.4, 0.5) is 0 Å². The molecule has 5 nitrogen and oxygen atoms in total. The third-order valence-corrected chi connectivity index (χ3v) is 3.85. The molecule has 1 aliphatic carbocycles. The van der Waals surface area contributed by atoms with Gasteiger partial charge in [0.1, 0.15) is 0 Å². The molecule has 0 saturated heterocycles. The largest absolute Gasteiger partial charge is 0.396 e. The van der Waals surface area contributed by atoms with Crippen LogP contribution in [-0.4, -0.2) is 62.4 Å². The van der Waals surface area contributed by atoms with Crippen LogP contribution >= 0.6 is 0 Å². The number of nitrogens with one attached hydrogen (secondary N) is 1. The number of methoxy groups -OCH3 is 1. The molecule has 5 heteroatoms. The molecule has 1 aliphatic rings. The highest BCUT2D eigenvalue weighted by Crippen LogP contribution is 2.36. The molecule has 0 heterocycles. The van der Waals surface area contributed by atoms with E-state index >= 15 is 0 Å². The second-order valence-corrected chi connectivity index (χ2v) is 5.75. The number of hydrogen-bond donors (Lipinski definition) is 3.